The SMILES string of the molecule is CCOC(=O)Oc1ccc(C(=O)Nc2cccc(CNC(=O)/C=C/c3ccccc3OC)c2)cc1. The highest BCUT2D eigenvalue weighted by Crippen LogP contribution is 2.19. The number of benzene rings is 3. The molecule has 35 heavy (non-hydrogen) atoms. The Morgan fingerprint density at radius 3 is 2.46 bits per heavy atom. The molecule has 3 aromatic rings. The third-order valence-corrected chi connectivity index (χ3v) is 4.78. The fourth-order valence-corrected chi connectivity index (χ4v) is 3.10. The van der Waals surface area contributed by atoms with Crippen molar-refractivity contribution in [2.24, 2.45) is 0 Å². The number of para-hydroxylation sites is 1. The van der Waals surface area contributed by atoms with Crippen molar-refractivity contribution in [3.05, 3.63) is 95.6 Å². The Hall–Kier alpha value is -4.59. The van der Waals surface area contributed by atoms with Gasteiger partial charge in [0, 0.05) is 29.4 Å². The van der Waals surface area contributed by atoms with Crippen LogP contribution >= 0.6 is 0 Å². The maximum atomic E-state index is 12.6. The van der Waals surface area contributed by atoms with E-state index in [-0.39, 0.29) is 24.2 Å². The predicted molar refractivity (Wildman–Crippen MR) is 132 cm³/mol. The van der Waals surface area contributed by atoms with Gasteiger partial charge < -0.3 is 24.8 Å². The van der Waals surface area contributed by atoms with Crippen LogP contribution in [0.3, 0.4) is 0 Å². The zero-order chi connectivity index (χ0) is 25.0. The highest BCUT2D eigenvalue weighted by molar-refractivity contribution is 6.04. The second kappa shape index (κ2) is 12.6. The van der Waals surface area contributed by atoms with Gasteiger partial charge in [0.25, 0.3) is 5.91 Å². The van der Waals surface area contributed by atoms with Gasteiger partial charge in [-0.05, 0) is 61.0 Å². The number of carbonyl (C=O) groups is 3. The van der Waals surface area contributed by atoms with Gasteiger partial charge in [-0.15, -0.1) is 0 Å². The van der Waals surface area contributed by atoms with E-state index in [0.29, 0.717) is 23.5 Å². The van der Waals surface area contributed by atoms with Crippen molar-refractivity contribution in [3.8, 4) is 11.5 Å². The van der Waals surface area contributed by atoms with Crippen molar-refractivity contribution in [3.63, 3.8) is 0 Å². The molecule has 0 saturated carbocycles. The van der Waals surface area contributed by atoms with Crippen molar-refractivity contribution in [1.29, 1.82) is 0 Å². The quantitative estimate of drug-likeness (QED) is 0.262. The monoisotopic (exact) mass is 474 g/mol. The van der Waals surface area contributed by atoms with Crippen LogP contribution in [0.25, 0.3) is 6.08 Å². The van der Waals surface area contributed by atoms with Crippen molar-refractivity contribution >= 4 is 29.7 Å². The first kappa shape index (κ1) is 25.0. The number of ether oxygens (including phenoxy) is 3. The van der Waals surface area contributed by atoms with E-state index in [2.05, 4.69) is 10.6 Å². The molecule has 0 unspecified atom stereocenters. The molecule has 3 rings (SSSR count). The molecular formula is C27H26N2O6. The lowest BCUT2D eigenvalue weighted by Crippen LogP contribution is -2.20. The molecule has 0 spiro atoms. The number of carbonyl (C=O) groups excluding carboxylic acids is 3. The Morgan fingerprint density at radius 2 is 1.71 bits per heavy atom. The average molecular weight is 475 g/mol. The van der Waals surface area contributed by atoms with Crippen molar-refractivity contribution in [2.75, 3.05) is 19.0 Å². The third-order valence-electron chi connectivity index (χ3n) is 4.78. The lowest BCUT2D eigenvalue weighted by Gasteiger charge is -2.09. The van der Waals surface area contributed by atoms with Crippen LogP contribution in [0.5, 0.6) is 11.5 Å². The molecule has 0 heterocycles. The number of rotatable bonds is 9. The summed E-state index contributed by atoms with van der Waals surface area (Å²) in [6, 6.07) is 20.7. The van der Waals surface area contributed by atoms with Gasteiger partial charge in [0.05, 0.1) is 13.7 Å². The van der Waals surface area contributed by atoms with Gasteiger partial charge in [-0.25, -0.2) is 4.79 Å². The summed E-state index contributed by atoms with van der Waals surface area (Å²) in [5.74, 6) is 0.378. The van der Waals surface area contributed by atoms with Crippen LogP contribution in [0.15, 0.2) is 78.9 Å². The Kier molecular flexibility index (Phi) is 9.01. The van der Waals surface area contributed by atoms with Crippen LogP contribution in [-0.4, -0.2) is 31.7 Å². The van der Waals surface area contributed by atoms with E-state index >= 15 is 0 Å². The second-order valence-corrected chi connectivity index (χ2v) is 7.26. The zero-order valence-corrected chi connectivity index (χ0v) is 19.4. The summed E-state index contributed by atoms with van der Waals surface area (Å²) in [6.07, 6.45) is 2.33. The minimum Gasteiger partial charge on any atom is -0.496 e. The topological polar surface area (TPSA) is 103 Å². The van der Waals surface area contributed by atoms with E-state index in [0.717, 1.165) is 11.1 Å². The summed E-state index contributed by atoms with van der Waals surface area (Å²) in [7, 11) is 1.58. The number of nitrogens with one attached hydrogen (secondary N) is 2. The lowest BCUT2D eigenvalue weighted by molar-refractivity contribution is -0.116. The van der Waals surface area contributed by atoms with Crippen LogP contribution in [0, 0.1) is 0 Å². The molecule has 180 valence electrons. The van der Waals surface area contributed by atoms with Gasteiger partial charge in [-0.2, -0.15) is 0 Å². The van der Waals surface area contributed by atoms with Crippen LogP contribution in [0.2, 0.25) is 0 Å². The summed E-state index contributed by atoms with van der Waals surface area (Å²) in [4.78, 5) is 36.2. The fourth-order valence-electron chi connectivity index (χ4n) is 3.10. The van der Waals surface area contributed by atoms with Gasteiger partial charge >= 0.3 is 6.16 Å². The molecule has 0 aliphatic rings. The standard InChI is InChI=1S/C27H26N2O6/c1-3-34-27(32)35-23-14-11-21(12-15-23)26(31)29-22-9-6-7-19(17-22)18-28-25(30)16-13-20-8-4-5-10-24(20)33-2/h4-17H,3,18H2,1-2H3,(H,28,30)(H,29,31)/b16-13+. The van der Waals surface area contributed by atoms with E-state index in [1.165, 1.54) is 18.2 Å². The largest absolute Gasteiger partial charge is 0.513 e. The first-order chi connectivity index (χ1) is 17.0. The molecule has 0 aliphatic carbocycles. The van der Waals surface area contributed by atoms with Crippen LogP contribution in [-0.2, 0) is 16.1 Å². The highest BCUT2D eigenvalue weighted by Gasteiger charge is 2.09. The van der Waals surface area contributed by atoms with Crippen LogP contribution in [0.1, 0.15) is 28.4 Å². The van der Waals surface area contributed by atoms with E-state index < -0.39 is 6.16 Å². The third kappa shape index (κ3) is 7.75. The smallest absolute Gasteiger partial charge is 0.496 e. The molecule has 0 saturated heterocycles. The van der Waals surface area contributed by atoms with E-state index in [9.17, 15) is 14.4 Å². The molecule has 0 bridgehead atoms. The molecule has 3 aromatic carbocycles. The molecule has 0 aliphatic heterocycles. The maximum absolute atomic E-state index is 12.6. The summed E-state index contributed by atoms with van der Waals surface area (Å²) in [5, 5.41) is 5.63. The number of anilines is 1. The Labute approximate surface area is 203 Å². The molecule has 8 heteroatoms. The average Bonchev–Trinajstić information content (AvgIpc) is 2.87. The molecule has 0 radical (unpaired) electrons. The molecule has 0 fully saturated rings. The van der Waals surface area contributed by atoms with Crippen molar-refractivity contribution in [1.82, 2.24) is 5.32 Å². The molecule has 0 aromatic heterocycles. The molecular weight excluding hydrogens is 448 g/mol. The van der Waals surface area contributed by atoms with Gasteiger partial charge in [0.2, 0.25) is 5.91 Å². The number of amides is 2. The molecule has 0 atom stereocenters. The predicted octanol–water partition coefficient (Wildman–Crippen LogP) is 4.81. The van der Waals surface area contributed by atoms with Gasteiger partial charge in [-0.3, -0.25) is 9.59 Å². The summed E-state index contributed by atoms with van der Waals surface area (Å²) in [5.41, 5.74) is 2.59. The normalized spacial score (nSPS) is 10.5. The van der Waals surface area contributed by atoms with Crippen LogP contribution in [0.4, 0.5) is 10.5 Å². The van der Waals surface area contributed by atoms with Gasteiger partial charge in [0.15, 0.2) is 0 Å². The van der Waals surface area contributed by atoms with Crippen molar-refractivity contribution in [2.45, 2.75) is 13.5 Å². The summed E-state index contributed by atoms with van der Waals surface area (Å²) < 4.78 is 15.0. The van der Waals surface area contributed by atoms with Gasteiger partial charge in [0.1, 0.15) is 11.5 Å². The van der Waals surface area contributed by atoms with E-state index in [1.54, 1.807) is 50.4 Å². The number of hydrogen-bond donors (Lipinski definition) is 2. The summed E-state index contributed by atoms with van der Waals surface area (Å²) in [6.45, 7) is 2.18. The molecule has 2 amide bonds. The maximum Gasteiger partial charge on any atom is 0.513 e. The minimum atomic E-state index is -0.802. The first-order valence-electron chi connectivity index (χ1n) is 10.9. The zero-order valence-electron chi connectivity index (χ0n) is 19.4. The second-order valence-electron chi connectivity index (χ2n) is 7.26. The Bertz CT molecular complexity index is 1200. The van der Waals surface area contributed by atoms with E-state index in [4.69, 9.17) is 14.2 Å². The molecule has 2 N–H and O–H groups in total. The Morgan fingerprint density at radius 1 is 0.943 bits per heavy atom. The summed E-state index contributed by atoms with van der Waals surface area (Å²) >= 11 is 0. The minimum absolute atomic E-state index is 0.210. The number of methoxy groups -OCH3 is 1. The highest BCUT2D eigenvalue weighted by atomic mass is 16.7. The fraction of sp³-hybridized carbons (Fsp3) is 0.148. The number of hydrogen-bond acceptors (Lipinski definition) is 6. The van der Waals surface area contributed by atoms with Crippen molar-refractivity contribution < 1.29 is 28.6 Å². The van der Waals surface area contributed by atoms with E-state index in [1.807, 2.05) is 30.3 Å². The first-order valence-corrected chi connectivity index (χ1v) is 10.9. The molecule has 8 nitrogen and oxygen atoms in total. The van der Waals surface area contributed by atoms with Gasteiger partial charge in [-0.1, -0.05) is 30.3 Å². The Balaban J connectivity index is 1.54. The lowest BCUT2D eigenvalue weighted by atomic mass is 10.1. The van der Waals surface area contributed by atoms with Crippen LogP contribution < -0.4 is 20.1 Å².